The zero-order chi connectivity index (χ0) is 13.7. The molecule has 0 bridgehead atoms. The van der Waals surface area contributed by atoms with E-state index in [1.807, 2.05) is 16.8 Å². The van der Waals surface area contributed by atoms with Crippen molar-refractivity contribution in [1.82, 2.24) is 9.38 Å². The van der Waals surface area contributed by atoms with Crippen LogP contribution in [-0.2, 0) is 12.8 Å². The number of aryl methyl sites for hydroxylation is 2. The van der Waals surface area contributed by atoms with E-state index in [1.165, 1.54) is 28.7 Å². The number of fused-ring (bicyclic) bond motifs is 2. The second kappa shape index (κ2) is 4.10. The van der Waals surface area contributed by atoms with Gasteiger partial charge in [0.15, 0.2) is 0 Å². The molecule has 0 unspecified atom stereocenters. The second-order valence-corrected chi connectivity index (χ2v) is 5.53. The average molecular weight is 263 g/mol. The lowest BCUT2D eigenvalue weighted by Gasteiger charge is -2.13. The number of benzene rings is 1. The highest BCUT2D eigenvalue weighted by Crippen LogP contribution is 2.37. The first-order chi connectivity index (χ1) is 9.75. The van der Waals surface area contributed by atoms with Crippen molar-refractivity contribution in [2.45, 2.75) is 26.2 Å². The number of nitrogen functional groups attached to an aromatic ring is 1. The highest BCUT2D eigenvalue weighted by atomic mass is 15.0. The number of imidazole rings is 1. The molecule has 0 saturated carbocycles. The van der Waals surface area contributed by atoms with Gasteiger partial charge in [0.1, 0.15) is 5.65 Å². The van der Waals surface area contributed by atoms with Gasteiger partial charge in [0.2, 0.25) is 0 Å². The number of nitrogens with zero attached hydrogens (tertiary/aromatic N) is 2. The van der Waals surface area contributed by atoms with E-state index >= 15 is 0 Å². The van der Waals surface area contributed by atoms with E-state index in [0.29, 0.717) is 0 Å². The highest BCUT2D eigenvalue weighted by Gasteiger charge is 2.18. The maximum absolute atomic E-state index is 6.43. The van der Waals surface area contributed by atoms with Crippen LogP contribution in [0.5, 0.6) is 0 Å². The minimum Gasteiger partial charge on any atom is -0.398 e. The number of rotatable bonds is 1. The first-order valence-electron chi connectivity index (χ1n) is 7.08. The zero-order valence-corrected chi connectivity index (χ0v) is 11.6. The number of pyridine rings is 1. The minimum atomic E-state index is 0.957. The zero-order valence-electron chi connectivity index (χ0n) is 11.6. The van der Waals surface area contributed by atoms with Gasteiger partial charge in [-0.25, -0.2) is 4.98 Å². The third-order valence-electron chi connectivity index (χ3n) is 4.43. The fourth-order valence-corrected chi connectivity index (χ4v) is 3.35. The SMILES string of the molecule is Cc1c(-c2ccc3c(c2N)CCC3)ccn2ccnc12. The maximum atomic E-state index is 6.43. The third kappa shape index (κ3) is 1.49. The third-order valence-corrected chi connectivity index (χ3v) is 4.43. The Hall–Kier alpha value is -2.29. The van der Waals surface area contributed by atoms with E-state index in [9.17, 15) is 0 Å². The van der Waals surface area contributed by atoms with Crippen molar-refractivity contribution < 1.29 is 0 Å². The van der Waals surface area contributed by atoms with Crippen molar-refractivity contribution in [1.29, 1.82) is 0 Å². The van der Waals surface area contributed by atoms with E-state index < -0.39 is 0 Å². The monoisotopic (exact) mass is 263 g/mol. The molecule has 2 aromatic heterocycles. The lowest BCUT2D eigenvalue weighted by Crippen LogP contribution is -1.99. The first-order valence-corrected chi connectivity index (χ1v) is 7.08. The van der Waals surface area contributed by atoms with Crippen molar-refractivity contribution in [3.05, 3.63) is 53.5 Å². The molecular weight excluding hydrogens is 246 g/mol. The molecule has 0 amide bonds. The molecule has 2 N–H and O–H groups in total. The van der Waals surface area contributed by atoms with Crippen molar-refractivity contribution in [2.24, 2.45) is 0 Å². The van der Waals surface area contributed by atoms with Crippen LogP contribution in [0.4, 0.5) is 5.69 Å². The molecule has 0 atom stereocenters. The van der Waals surface area contributed by atoms with Crippen molar-refractivity contribution in [2.75, 3.05) is 5.73 Å². The molecule has 3 nitrogen and oxygen atoms in total. The number of hydrogen-bond acceptors (Lipinski definition) is 2. The number of nitrogens with two attached hydrogens (primary N) is 1. The first kappa shape index (κ1) is 11.5. The molecule has 0 saturated heterocycles. The van der Waals surface area contributed by atoms with Crippen LogP contribution in [0.15, 0.2) is 36.8 Å². The quantitative estimate of drug-likeness (QED) is 0.684. The van der Waals surface area contributed by atoms with Crippen molar-refractivity contribution in [3.63, 3.8) is 0 Å². The molecule has 0 radical (unpaired) electrons. The molecule has 2 heterocycles. The normalized spacial score (nSPS) is 13.8. The molecule has 0 aliphatic heterocycles. The molecule has 3 aromatic rings. The van der Waals surface area contributed by atoms with E-state index in [4.69, 9.17) is 5.73 Å². The van der Waals surface area contributed by atoms with E-state index in [2.05, 4.69) is 36.3 Å². The van der Waals surface area contributed by atoms with Crippen molar-refractivity contribution in [3.8, 4) is 11.1 Å². The molecule has 1 aliphatic carbocycles. The number of aromatic nitrogens is 2. The van der Waals surface area contributed by atoms with Gasteiger partial charge in [-0.1, -0.05) is 12.1 Å². The fraction of sp³-hybridized carbons (Fsp3) is 0.235. The second-order valence-electron chi connectivity index (χ2n) is 5.53. The maximum Gasteiger partial charge on any atom is 0.140 e. The van der Waals surface area contributed by atoms with Crippen LogP contribution in [0.2, 0.25) is 0 Å². The lowest BCUT2D eigenvalue weighted by molar-refractivity contribution is 0.912. The van der Waals surface area contributed by atoms with Gasteiger partial charge in [-0.2, -0.15) is 0 Å². The van der Waals surface area contributed by atoms with Gasteiger partial charge in [0.05, 0.1) is 0 Å². The van der Waals surface area contributed by atoms with E-state index in [1.54, 1.807) is 0 Å². The predicted molar refractivity (Wildman–Crippen MR) is 81.8 cm³/mol. The number of hydrogen-bond donors (Lipinski definition) is 1. The van der Waals surface area contributed by atoms with Gasteiger partial charge < -0.3 is 10.1 Å². The van der Waals surface area contributed by atoms with Crippen LogP contribution in [0.3, 0.4) is 0 Å². The summed E-state index contributed by atoms with van der Waals surface area (Å²) in [5.41, 5.74) is 14.7. The summed E-state index contributed by atoms with van der Waals surface area (Å²) >= 11 is 0. The summed E-state index contributed by atoms with van der Waals surface area (Å²) in [5, 5.41) is 0. The predicted octanol–water partition coefficient (Wildman–Crippen LogP) is 3.38. The Kier molecular flexibility index (Phi) is 2.36. The van der Waals surface area contributed by atoms with E-state index in [-0.39, 0.29) is 0 Å². The lowest BCUT2D eigenvalue weighted by atomic mass is 9.96. The topological polar surface area (TPSA) is 43.3 Å². The minimum absolute atomic E-state index is 0.957. The van der Waals surface area contributed by atoms with Gasteiger partial charge in [-0.15, -0.1) is 0 Å². The van der Waals surface area contributed by atoms with Gasteiger partial charge in [-0.3, -0.25) is 0 Å². The Morgan fingerprint density at radius 2 is 2.00 bits per heavy atom. The smallest absolute Gasteiger partial charge is 0.140 e. The van der Waals surface area contributed by atoms with Crippen LogP contribution in [0.1, 0.15) is 23.1 Å². The van der Waals surface area contributed by atoms with Gasteiger partial charge in [0.25, 0.3) is 0 Å². The Labute approximate surface area is 118 Å². The molecule has 4 rings (SSSR count). The van der Waals surface area contributed by atoms with Crippen LogP contribution in [0.25, 0.3) is 16.8 Å². The molecule has 0 fully saturated rings. The molecule has 1 aromatic carbocycles. The summed E-state index contributed by atoms with van der Waals surface area (Å²) in [6.45, 7) is 2.12. The summed E-state index contributed by atoms with van der Waals surface area (Å²) in [6.07, 6.45) is 9.35. The fourth-order valence-electron chi connectivity index (χ4n) is 3.35. The summed E-state index contributed by atoms with van der Waals surface area (Å²) in [4.78, 5) is 4.43. The summed E-state index contributed by atoms with van der Waals surface area (Å²) in [5.74, 6) is 0. The largest absolute Gasteiger partial charge is 0.398 e. The molecular formula is C17H17N3. The van der Waals surface area contributed by atoms with Crippen LogP contribution in [-0.4, -0.2) is 9.38 Å². The van der Waals surface area contributed by atoms with Gasteiger partial charge in [-0.05, 0) is 48.9 Å². The van der Waals surface area contributed by atoms with E-state index in [0.717, 1.165) is 29.7 Å². The Morgan fingerprint density at radius 1 is 1.10 bits per heavy atom. The van der Waals surface area contributed by atoms with Crippen LogP contribution < -0.4 is 5.73 Å². The number of anilines is 1. The Balaban J connectivity index is 1.97. The molecule has 3 heteroatoms. The highest BCUT2D eigenvalue weighted by molar-refractivity contribution is 5.84. The van der Waals surface area contributed by atoms with Gasteiger partial charge >= 0.3 is 0 Å². The molecule has 20 heavy (non-hydrogen) atoms. The Bertz CT molecular complexity index is 814. The summed E-state index contributed by atoms with van der Waals surface area (Å²) in [6, 6.07) is 6.54. The Morgan fingerprint density at radius 3 is 2.90 bits per heavy atom. The van der Waals surface area contributed by atoms with Crippen molar-refractivity contribution >= 4 is 11.3 Å². The molecule has 1 aliphatic rings. The van der Waals surface area contributed by atoms with Crippen LogP contribution >= 0.6 is 0 Å². The summed E-state index contributed by atoms with van der Waals surface area (Å²) in [7, 11) is 0. The van der Waals surface area contributed by atoms with Gasteiger partial charge in [0, 0.05) is 35.4 Å². The standard InChI is InChI=1S/C17H17N3/c1-11-13(7-9-20-10-8-19-17(11)20)15-6-5-12-3-2-4-14(12)16(15)18/h5-10H,2-4,18H2,1H3. The average Bonchev–Trinajstić information content (AvgIpc) is 3.09. The van der Waals surface area contributed by atoms with Crippen LogP contribution in [0, 0.1) is 6.92 Å². The molecule has 100 valence electrons. The molecule has 0 spiro atoms. The summed E-state index contributed by atoms with van der Waals surface area (Å²) < 4.78 is 2.04.